The number of aromatic nitrogens is 2. The van der Waals surface area contributed by atoms with Gasteiger partial charge in [0, 0.05) is 55.8 Å². The number of hydrogen-bond acceptors (Lipinski definition) is 4. The van der Waals surface area contributed by atoms with Crippen molar-refractivity contribution in [2.24, 2.45) is 0 Å². The van der Waals surface area contributed by atoms with Gasteiger partial charge in [-0.25, -0.2) is 0 Å². The minimum Gasteiger partial charge on any atom is -0.381 e. The number of carbonyl (C=O) groups excluding carboxylic acids is 1. The van der Waals surface area contributed by atoms with E-state index in [1.54, 1.807) is 12.4 Å². The minimum absolute atomic E-state index is 0.210. The molecule has 0 N–H and O–H groups in total. The molecule has 1 aromatic heterocycles. The molecule has 0 saturated carbocycles. The number of ether oxygens (including phenoxy) is 1. The van der Waals surface area contributed by atoms with Crippen LogP contribution in [0.25, 0.3) is 0 Å². The highest BCUT2D eigenvalue weighted by Crippen LogP contribution is 2.39. The molecule has 2 aliphatic rings. The van der Waals surface area contributed by atoms with Crippen molar-refractivity contribution >= 4 is 17.5 Å². The van der Waals surface area contributed by atoms with Crippen LogP contribution in [-0.2, 0) is 14.9 Å². The molecule has 1 unspecified atom stereocenters. The fourth-order valence-electron chi connectivity index (χ4n) is 4.34. The highest BCUT2D eigenvalue weighted by atomic mass is 35.5. The first-order chi connectivity index (χ1) is 13.2. The maximum atomic E-state index is 13.7. The van der Waals surface area contributed by atoms with Crippen molar-refractivity contribution < 1.29 is 9.53 Å². The standard InChI is InChI=1S/C21H24ClN3O2/c22-18-5-3-17(4-6-18)21(7-12-27-13-8-21)20(26)25-11-1-2-16(15-25)19-14-23-9-10-24-19/h3-6,9-10,14,16H,1-2,7-8,11-13,15H2. The van der Waals surface area contributed by atoms with E-state index in [0.717, 1.165) is 30.6 Å². The number of halogens is 1. The lowest BCUT2D eigenvalue weighted by Gasteiger charge is -2.42. The molecule has 2 saturated heterocycles. The molecule has 3 heterocycles. The van der Waals surface area contributed by atoms with Crippen LogP contribution in [0.4, 0.5) is 0 Å². The molecule has 1 aromatic carbocycles. The van der Waals surface area contributed by atoms with Crippen molar-refractivity contribution in [2.75, 3.05) is 26.3 Å². The summed E-state index contributed by atoms with van der Waals surface area (Å²) in [4.78, 5) is 24.4. The SMILES string of the molecule is O=C(N1CCCC(c2cnccn2)C1)C1(c2ccc(Cl)cc2)CCOCC1. The highest BCUT2D eigenvalue weighted by molar-refractivity contribution is 6.30. The van der Waals surface area contributed by atoms with Gasteiger partial charge in [-0.1, -0.05) is 23.7 Å². The summed E-state index contributed by atoms with van der Waals surface area (Å²) < 4.78 is 5.58. The van der Waals surface area contributed by atoms with Gasteiger partial charge >= 0.3 is 0 Å². The summed E-state index contributed by atoms with van der Waals surface area (Å²) in [6, 6.07) is 7.74. The maximum Gasteiger partial charge on any atom is 0.233 e. The highest BCUT2D eigenvalue weighted by Gasteiger charge is 2.45. The molecule has 6 heteroatoms. The number of amides is 1. The third-order valence-corrected chi connectivity index (χ3v) is 6.11. The van der Waals surface area contributed by atoms with Crippen LogP contribution in [-0.4, -0.2) is 47.1 Å². The van der Waals surface area contributed by atoms with E-state index in [0.29, 0.717) is 37.6 Å². The number of hydrogen-bond donors (Lipinski definition) is 0. The molecule has 0 aliphatic carbocycles. The van der Waals surface area contributed by atoms with Crippen molar-refractivity contribution in [2.45, 2.75) is 37.0 Å². The van der Waals surface area contributed by atoms with Crippen LogP contribution >= 0.6 is 11.6 Å². The Hall–Kier alpha value is -1.98. The van der Waals surface area contributed by atoms with Crippen LogP contribution < -0.4 is 0 Å². The Morgan fingerprint density at radius 1 is 1.19 bits per heavy atom. The molecular formula is C21H24ClN3O2. The first-order valence-electron chi connectivity index (χ1n) is 9.58. The zero-order chi connectivity index (χ0) is 18.7. The average Bonchev–Trinajstić information content (AvgIpc) is 2.75. The predicted octanol–water partition coefficient (Wildman–Crippen LogP) is 3.58. The predicted molar refractivity (Wildman–Crippen MR) is 104 cm³/mol. The Kier molecular flexibility index (Phi) is 5.41. The van der Waals surface area contributed by atoms with Gasteiger partial charge < -0.3 is 9.64 Å². The van der Waals surface area contributed by atoms with Crippen LogP contribution in [0.1, 0.15) is 42.9 Å². The van der Waals surface area contributed by atoms with Gasteiger partial charge in [-0.3, -0.25) is 14.8 Å². The fourth-order valence-corrected chi connectivity index (χ4v) is 4.47. The maximum absolute atomic E-state index is 13.7. The first kappa shape index (κ1) is 18.4. The second-order valence-electron chi connectivity index (χ2n) is 7.42. The van der Waals surface area contributed by atoms with Gasteiger partial charge in [0.05, 0.1) is 11.1 Å². The molecule has 142 valence electrons. The summed E-state index contributed by atoms with van der Waals surface area (Å²) in [5, 5.41) is 0.689. The van der Waals surface area contributed by atoms with Crippen LogP contribution in [0.15, 0.2) is 42.9 Å². The van der Waals surface area contributed by atoms with E-state index in [9.17, 15) is 4.79 Å². The molecule has 5 nitrogen and oxygen atoms in total. The van der Waals surface area contributed by atoms with E-state index in [4.69, 9.17) is 16.3 Å². The van der Waals surface area contributed by atoms with Crippen molar-refractivity contribution in [3.05, 3.63) is 59.1 Å². The van der Waals surface area contributed by atoms with Gasteiger partial charge in [-0.15, -0.1) is 0 Å². The molecule has 2 aromatic rings. The van der Waals surface area contributed by atoms with E-state index in [2.05, 4.69) is 9.97 Å². The Bertz CT molecular complexity index is 776. The van der Waals surface area contributed by atoms with E-state index < -0.39 is 5.41 Å². The first-order valence-corrected chi connectivity index (χ1v) is 9.96. The van der Waals surface area contributed by atoms with Crippen molar-refractivity contribution in [3.63, 3.8) is 0 Å². The third kappa shape index (κ3) is 3.71. The number of piperidine rings is 1. The summed E-state index contributed by atoms with van der Waals surface area (Å²) in [5.74, 6) is 0.459. The van der Waals surface area contributed by atoms with Gasteiger partial charge in [-0.2, -0.15) is 0 Å². The Balaban J connectivity index is 1.60. The van der Waals surface area contributed by atoms with Crippen molar-refractivity contribution in [1.29, 1.82) is 0 Å². The molecule has 0 spiro atoms. The number of nitrogens with zero attached hydrogens (tertiary/aromatic N) is 3. The van der Waals surface area contributed by atoms with Gasteiger partial charge in [0.2, 0.25) is 5.91 Å². The number of benzene rings is 1. The van der Waals surface area contributed by atoms with Gasteiger partial charge in [0.15, 0.2) is 0 Å². The second kappa shape index (κ2) is 7.95. The quantitative estimate of drug-likeness (QED) is 0.810. The molecule has 1 amide bonds. The summed E-state index contributed by atoms with van der Waals surface area (Å²) >= 11 is 6.08. The van der Waals surface area contributed by atoms with Crippen LogP contribution in [0.2, 0.25) is 5.02 Å². The average molecular weight is 386 g/mol. The smallest absolute Gasteiger partial charge is 0.233 e. The third-order valence-electron chi connectivity index (χ3n) is 5.86. The zero-order valence-corrected chi connectivity index (χ0v) is 16.1. The zero-order valence-electron chi connectivity index (χ0n) is 15.3. The molecule has 4 rings (SSSR count). The Morgan fingerprint density at radius 2 is 1.96 bits per heavy atom. The second-order valence-corrected chi connectivity index (χ2v) is 7.86. The van der Waals surface area contributed by atoms with E-state index in [1.165, 1.54) is 0 Å². The lowest BCUT2D eigenvalue weighted by atomic mass is 9.72. The lowest BCUT2D eigenvalue weighted by Crippen LogP contribution is -2.52. The molecule has 2 fully saturated rings. The van der Waals surface area contributed by atoms with E-state index >= 15 is 0 Å². The normalized spacial score (nSPS) is 22.4. The monoisotopic (exact) mass is 385 g/mol. The molecule has 0 radical (unpaired) electrons. The van der Waals surface area contributed by atoms with Crippen molar-refractivity contribution in [3.8, 4) is 0 Å². The van der Waals surface area contributed by atoms with Crippen LogP contribution in [0, 0.1) is 0 Å². The Labute approximate surface area is 164 Å². The largest absolute Gasteiger partial charge is 0.381 e. The van der Waals surface area contributed by atoms with E-state index in [-0.39, 0.29) is 11.8 Å². The summed E-state index contributed by atoms with van der Waals surface area (Å²) in [6.07, 6.45) is 8.68. The molecule has 27 heavy (non-hydrogen) atoms. The summed E-state index contributed by atoms with van der Waals surface area (Å²) in [7, 11) is 0. The topological polar surface area (TPSA) is 55.3 Å². The van der Waals surface area contributed by atoms with Crippen LogP contribution in [0.5, 0.6) is 0 Å². The van der Waals surface area contributed by atoms with Crippen LogP contribution in [0.3, 0.4) is 0 Å². The number of likely N-dealkylation sites (tertiary alicyclic amines) is 1. The Morgan fingerprint density at radius 3 is 2.67 bits per heavy atom. The minimum atomic E-state index is -0.521. The summed E-state index contributed by atoms with van der Waals surface area (Å²) in [6.45, 7) is 2.71. The lowest BCUT2D eigenvalue weighted by molar-refractivity contribution is -0.142. The van der Waals surface area contributed by atoms with Gasteiger partial charge in [-0.05, 0) is 43.4 Å². The summed E-state index contributed by atoms with van der Waals surface area (Å²) in [5.41, 5.74) is 1.50. The fraction of sp³-hybridized carbons (Fsp3) is 0.476. The van der Waals surface area contributed by atoms with Gasteiger partial charge in [0.25, 0.3) is 0 Å². The molecule has 1 atom stereocenters. The van der Waals surface area contributed by atoms with E-state index in [1.807, 2.05) is 35.4 Å². The molecule has 0 bridgehead atoms. The number of carbonyl (C=O) groups is 1. The molecular weight excluding hydrogens is 362 g/mol. The van der Waals surface area contributed by atoms with Gasteiger partial charge in [0.1, 0.15) is 0 Å². The van der Waals surface area contributed by atoms with Crippen molar-refractivity contribution in [1.82, 2.24) is 14.9 Å². The molecule has 2 aliphatic heterocycles. The number of rotatable bonds is 3.